The molecule has 37 heavy (non-hydrogen) atoms. The molecule has 3 heterocycles. The topological polar surface area (TPSA) is 118 Å². The molecule has 1 aromatic carbocycles. The second kappa shape index (κ2) is 10.5. The zero-order valence-electron chi connectivity index (χ0n) is 19.5. The highest BCUT2D eigenvalue weighted by Gasteiger charge is 2.44. The first-order valence-electron chi connectivity index (χ1n) is 11.3. The first kappa shape index (κ1) is 26.5. The SMILES string of the molecule is CCC1CC[C@@H](C(=O)NCc2cc(-c3cnc(C(F)(F)F)nc3)ncn2)N1S(=O)(=O)c1ccc(F)cc1. The maximum Gasteiger partial charge on any atom is 0.451 e. The number of halogens is 4. The van der Waals surface area contributed by atoms with Crippen LogP contribution in [0.15, 0.2) is 53.9 Å². The lowest BCUT2D eigenvalue weighted by atomic mass is 10.1. The summed E-state index contributed by atoms with van der Waals surface area (Å²) in [7, 11) is -4.06. The highest BCUT2D eigenvalue weighted by atomic mass is 32.2. The zero-order chi connectivity index (χ0) is 26.8. The number of hydrogen-bond donors (Lipinski definition) is 1. The van der Waals surface area contributed by atoms with Gasteiger partial charge in [-0.1, -0.05) is 6.92 Å². The van der Waals surface area contributed by atoms with Crippen LogP contribution in [0.1, 0.15) is 37.7 Å². The van der Waals surface area contributed by atoms with E-state index >= 15 is 0 Å². The van der Waals surface area contributed by atoms with Gasteiger partial charge in [-0.15, -0.1) is 0 Å². The van der Waals surface area contributed by atoms with Crippen molar-refractivity contribution in [2.45, 2.75) is 55.9 Å². The molecule has 9 nitrogen and oxygen atoms in total. The van der Waals surface area contributed by atoms with Crippen molar-refractivity contribution >= 4 is 15.9 Å². The lowest BCUT2D eigenvalue weighted by Gasteiger charge is -2.28. The van der Waals surface area contributed by atoms with Gasteiger partial charge in [-0.25, -0.2) is 32.7 Å². The van der Waals surface area contributed by atoms with Crippen molar-refractivity contribution in [1.29, 1.82) is 0 Å². The highest BCUT2D eigenvalue weighted by Crippen LogP contribution is 2.33. The molecule has 0 radical (unpaired) electrons. The number of hydrogen-bond acceptors (Lipinski definition) is 7. The second-order valence-corrected chi connectivity index (χ2v) is 10.2. The van der Waals surface area contributed by atoms with Crippen LogP contribution in [0.5, 0.6) is 0 Å². The molecule has 2 aromatic heterocycles. The van der Waals surface area contributed by atoms with Gasteiger partial charge in [-0.3, -0.25) is 4.79 Å². The van der Waals surface area contributed by atoms with Crippen LogP contribution < -0.4 is 5.32 Å². The van der Waals surface area contributed by atoms with Crippen molar-refractivity contribution in [1.82, 2.24) is 29.6 Å². The number of nitrogens with zero attached hydrogens (tertiary/aromatic N) is 5. The lowest BCUT2D eigenvalue weighted by molar-refractivity contribution is -0.145. The minimum Gasteiger partial charge on any atom is -0.349 e. The van der Waals surface area contributed by atoms with Crippen LogP contribution in [-0.2, 0) is 27.5 Å². The van der Waals surface area contributed by atoms with Crippen molar-refractivity contribution in [2.75, 3.05) is 0 Å². The van der Waals surface area contributed by atoms with Crippen molar-refractivity contribution < 1.29 is 30.8 Å². The van der Waals surface area contributed by atoms with E-state index in [1.165, 1.54) is 16.7 Å². The number of carbonyl (C=O) groups excluding carboxylic acids is 1. The fraction of sp³-hybridized carbons (Fsp3) is 0.348. The molecule has 0 bridgehead atoms. The van der Waals surface area contributed by atoms with Crippen LogP contribution in [0.2, 0.25) is 0 Å². The average molecular weight is 539 g/mol. The Morgan fingerprint density at radius 3 is 2.38 bits per heavy atom. The number of rotatable bonds is 7. The number of aromatic nitrogens is 4. The van der Waals surface area contributed by atoms with Gasteiger partial charge in [0.2, 0.25) is 21.8 Å². The molecular weight excluding hydrogens is 516 g/mol. The molecule has 1 fully saturated rings. The van der Waals surface area contributed by atoms with Gasteiger partial charge in [0.15, 0.2) is 0 Å². The fourth-order valence-electron chi connectivity index (χ4n) is 4.14. The lowest BCUT2D eigenvalue weighted by Crippen LogP contribution is -2.48. The van der Waals surface area contributed by atoms with Crippen LogP contribution in [0.25, 0.3) is 11.3 Å². The standard InChI is InChI=1S/C23H22F4N6O3S/c1-2-17-5-8-20(33(17)37(35,36)18-6-3-15(24)4-7-18)21(34)28-12-16-9-19(32-13-31-16)14-10-29-22(30-11-14)23(25,26)27/h3-4,6-7,9-11,13,17,20H,2,5,8,12H2,1H3,(H,28,34)/t17?,20-/m0/s1. The summed E-state index contributed by atoms with van der Waals surface area (Å²) in [5.74, 6) is -2.38. The number of alkyl halides is 3. The molecule has 0 aliphatic carbocycles. The van der Waals surface area contributed by atoms with Gasteiger partial charge in [0.25, 0.3) is 0 Å². The smallest absolute Gasteiger partial charge is 0.349 e. The molecule has 1 unspecified atom stereocenters. The van der Waals surface area contributed by atoms with E-state index in [1.54, 1.807) is 0 Å². The van der Waals surface area contributed by atoms with Crippen molar-refractivity contribution in [3.8, 4) is 11.3 Å². The van der Waals surface area contributed by atoms with Crippen molar-refractivity contribution in [3.63, 3.8) is 0 Å². The van der Waals surface area contributed by atoms with E-state index in [9.17, 15) is 30.8 Å². The summed E-state index contributed by atoms with van der Waals surface area (Å²) in [5.41, 5.74) is 0.817. The summed E-state index contributed by atoms with van der Waals surface area (Å²) >= 11 is 0. The third-order valence-corrected chi connectivity index (χ3v) is 7.95. The Hall–Kier alpha value is -3.52. The Morgan fingerprint density at radius 1 is 1.08 bits per heavy atom. The summed E-state index contributed by atoms with van der Waals surface area (Å²) in [6.45, 7) is 1.75. The summed E-state index contributed by atoms with van der Waals surface area (Å²) in [6, 6.07) is 4.53. The molecule has 1 aliphatic heterocycles. The maximum absolute atomic E-state index is 13.3. The van der Waals surface area contributed by atoms with Crippen LogP contribution in [-0.4, -0.2) is 50.6 Å². The molecule has 1 amide bonds. The quantitative estimate of drug-likeness (QED) is 0.459. The van der Waals surface area contributed by atoms with Gasteiger partial charge < -0.3 is 5.32 Å². The first-order chi connectivity index (χ1) is 17.5. The number of sulfonamides is 1. The molecule has 2 atom stereocenters. The van der Waals surface area contributed by atoms with Gasteiger partial charge in [-0.2, -0.15) is 17.5 Å². The highest BCUT2D eigenvalue weighted by molar-refractivity contribution is 7.89. The van der Waals surface area contributed by atoms with E-state index in [2.05, 4.69) is 25.3 Å². The van der Waals surface area contributed by atoms with Gasteiger partial charge >= 0.3 is 6.18 Å². The first-order valence-corrected chi connectivity index (χ1v) is 12.7. The van der Waals surface area contributed by atoms with Crippen LogP contribution in [0.4, 0.5) is 17.6 Å². The van der Waals surface area contributed by atoms with Crippen molar-refractivity contribution in [3.05, 3.63) is 66.4 Å². The van der Waals surface area contributed by atoms with Gasteiger partial charge in [0.1, 0.15) is 18.2 Å². The Kier molecular flexibility index (Phi) is 7.50. The molecular formula is C23H22F4N6O3S. The number of carbonyl (C=O) groups is 1. The summed E-state index contributed by atoms with van der Waals surface area (Å²) in [4.78, 5) is 27.6. The molecule has 14 heteroatoms. The molecule has 3 aromatic rings. The summed E-state index contributed by atoms with van der Waals surface area (Å²) in [6.07, 6.45) is -0.223. The number of amides is 1. The van der Waals surface area contributed by atoms with E-state index in [0.29, 0.717) is 25.0 Å². The van der Waals surface area contributed by atoms with Gasteiger partial charge in [-0.05, 0) is 49.6 Å². The average Bonchev–Trinajstić information content (AvgIpc) is 3.33. The Morgan fingerprint density at radius 2 is 1.76 bits per heavy atom. The van der Waals surface area contributed by atoms with E-state index in [0.717, 1.165) is 36.7 Å². The molecule has 1 N–H and O–H groups in total. The number of nitrogens with one attached hydrogen (secondary N) is 1. The third-order valence-electron chi connectivity index (χ3n) is 5.97. The monoisotopic (exact) mass is 538 g/mol. The van der Waals surface area contributed by atoms with E-state index in [4.69, 9.17) is 0 Å². The molecule has 0 saturated carbocycles. The predicted octanol–water partition coefficient (Wildman–Crippen LogP) is 3.34. The van der Waals surface area contributed by atoms with E-state index in [-0.39, 0.29) is 22.7 Å². The third kappa shape index (κ3) is 5.74. The number of benzene rings is 1. The fourth-order valence-corrected chi connectivity index (χ4v) is 6.04. The molecule has 196 valence electrons. The van der Waals surface area contributed by atoms with Gasteiger partial charge in [0, 0.05) is 24.0 Å². The normalized spacial score (nSPS) is 18.6. The maximum atomic E-state index is 13.3. The van der Waals surface area contributed by atoms with Crippen LogP contribution in [0.3, 0.4) is 0 Å². The minimum atomic E-state index is -4.67. The predicted molar refractivity (Wildman–Crippen MR) is 122 cm³/mol. The largest absolute Gasteiger partial charge is 0.451 e. The van der Waals surface area contributed by atoms with Crippen LogP contribution in [0, 0.1) is 5.82 Å². The van der Waals surface area contributed by atoms with Crippen LogP contribution >= 0.6 is 0 Å². The van der Waals surface area contributed by atoms with E-state index in [1.807, 2.05) is 6.92 Å². The van der Waals surface area contributed by atoms with E-state index < -0.39 is 45.8 Å². The zero-order valence-corrected chi connectivity index (χ0v) is 20.3. The second-order valence-electron chi connectivity index (χ2n) is 8.35. The Balaban J connectivity index is 1.49. The summed E-state index contributed by atoms with van der Waals surface area (Å²) in [5, 5.41) is 2.68. The Labute approximate surface area is 210 Å². The minimum absolute atomic E-state index is 0.0758. The van der Waals surface area contributed by atoms with Gasteiger partial charge in [0.05, 0.1) is 22.8 Å². The summed E-state index contributed by atoms with van der Waals surface area (Å²) < 4.78 is 79.2. The molecule has 4 rings (SSSR count). The molecule has 0 spiro atoms. The molecule has 1 saturated heterocycles. The Bertz CT molecular complexity index is 1370. The molecule has 1 aliphatic rings. The van der Waals surface area contributed by atoms with Crippen molar-refractivity contribution in [2.24, 2.45) is 0 Å².